The van der Waals surface area contributed by atoms with Gasteiger partial charge < -0.3 is 5.73 Å². The van der Waals surface area contributed by atoms with Crippen molar-refractivity contribution in [2.45, 2.75) is 38.5 Å². The predicted molar refractivity (Wildman–Crippen MR) is 62.3 cm³/mol. The Morgan fingerprint density at radius 2 is 1.79 bits per heavy atom. The third kappa shape index (κ3) is 5.40. The molecule has 0 aromatic rings. The number of rotatable bonds is 7. The van der Waals surface area contributed by atoms with E-state index in [0.717, 1.165) is 6.54 Å². The Balaban J connectivity index is 1.86. The lowest BCUT2D eigenvalue weighted by Crippen LogP contribution is -2.28. The maximum atomic E-state index is 5.44. The van der Waals surface area contributed by atoms with Gasteiger partial charge in [0, 0.05) is 13.1 Å². The van der Waals surface area contributed by atoms with Gasteiger partial charge >= 0.3 is 0 Å². The molecule has 0 saturated heterocycles. The van der Waals surface area contributed by atoms with E-state index in [-0.39, 0.29) is 0 Å². The topological polar surface area (TPSA) is 29.3 Å². The summed E-state index contributed by atoms with van der Waals surface area (Å²) in [5, 5.41) is 0. The second-order valence-electron chi connectivity index (χ2n) is 4.12. The van der Waals surface area contributed by atoms with Gasteiger partial charge in [-0.25, -0.2) is 0 Å². The van der Waals surface area contributed by atoms with Crippen LogP contribution in [0.15, 0.2) is 12.2 Å². The van der Waals surface area contributed by atoms with Gasteiger partial charge in [-0.2, -0.15) is 0 Å². The summed E-state index contributed by atoms with van der Waals surface area (Å²) in [6.45, 7) is 4.58. The maximum Gasteiger partial charge on any atom is 0.0163 e. The van der Waals surface area contributed by atoms with E-state index in [4.69, 9.17) is 5.73 Å². The molecule has 0 unspecified atom stereocenters. The van der Waals surface area contributed by atoms with Crippen molar-refractivity contribution < 1.29 is 0 Å². The Morgan fingerprint density at radius 1 is 1.00 bits per heavy atom. The Labute approximate surface area is 88.2 Å². The molecule has 1 heterocycles. The predicted octanol–water partition coefficient (Wildman–Crippen LogP) is 2.16. The zero-order valence-electron chi connectivity index (χ0n) is 9.25. The first-order valence-electron chi connectivity index (χ1n) is 6.01. The zero-order valence-corrected chi connectivity index (χ0v) is 9.25. The average Bonchev–Trinajstić information content (AvgIpc) is 2.25. The Morgan fingerprint density at radius 3 is 2.50 bits per heavy atom. The van der Waals surface area contributed by atoms with Gasteiger partial charge in [0.25, 0.3) is 0 Å². The van der Waals surface area contributed by atoms with Crippen molar-refractivity contribution in [3.05, 3.63) is 12.2 Å². The van der Waals surface area contributed by atoms with E-state index in [1.54, 1.807) is 0 Å². The number of unbranched alkanes of at least 4 members (excludes halogenated alkanes) is 4. The molecule has 2 heteroatoms. The smallest absolute Gasteiger partial charge is 0.0163 e. The molecule has 1 aliphatic heterocycles. The van der Waals surface area contributed by atoms with E-state index >= 15 is 0 Å². The molecule has 0 aliphatic carbocycles. The van der Waals surface area contributed by atoms with Crippen molar-refractivity contribution in [1.82, 2.24) is 4.90 Å². The minimum atomic E-state index is 0.858. The molecule has 0 bridgehead atoms. The van der Waals surface area contributed by atoms with Gasteiger partial charge in [-0.05, 0) is 32.4 Å². The fourth-order valence-electron chi connectivity index (χ4n) is 1.90. The summed E-state index contributed by atoms with van der Waals surface area (Å²) in [6.07, 6.45) is 12.4. The van der Waals surface area contributed by atoms with E-state index in [1.165, 1.54) is 58.2 Å². The van der Waals surface area contributed by atoms with Crippen molar-refractivity contribution in [2.75, 3.05) is 26.2 Å². The average molecular weight is 196 g/mol. The lowest BCUT2D eigenvalue weighted by molar-refractivity contribution is 0.290. The lowest BCUT2D eigenvalue weighted by atomic mass is 10.1. The van der Waals surface area contributed by atoms with Gasteiger partial charge in [0.15, 0.2) is 0 Å². The highest BCUT2D eigenvalue weighted by atomic mass is 15.1. The Hall–Kier alpha value is -0.340. The fourth-order valence-corrected chi connectivity index (χ4v) is 1.90. The van der Waals surface area contributed by atoms with Gasteiger partial charge in [0.1, 0.15) is 0 Å². The number of hydrogen-bond donors (Lipinski definition) is 1. The minimum Gasteiger partial charge on any atom is -0.330 e. The summed E-state index contributed by atoms with van der Waals surface area (Å²) in [4.78, 5) is 2.54. The molecule has 0 amide bonds. The van der Waals surface area contributed by atoms with Gasteiger partial charge in [-0.3, -0.25) is 4.90 Å². The molecule has 0 atom stereocenters. The second-order valence-corrected chi connectivity index (χ2v) is 4.12. The summed E-state index contributed by atoms with van der Waals surface area (Å²) < 4.78 is 0. The molecule has 2 N–H and O–H groups in total. The highest BCUT2D eigenvalue weighted by Crippen LogP contribution is 2.06. The number of nitrogens with zero attached hydrogens (tertiary/aromatic N) is 1. The molecule has 0 radical (unpaired) electrons. The van der Waals surface area contributed by atoms with Crippen molar-refractivity contribution >= 4 is 0 Å². The SMILES string of the molecule is NCCCCCCCN1CC=CCC1. The molecule has 0 aromatic heterocycles. The van der Waals surface area contributed by atoms with Crippen LogP contribution in [-0.4, -0.2) is 31.1 Å². The molecular weight excluding hydrogens is 172 g/mol. The van der Waals surface area contributed by atoms with E-state index in [9.17, 15) is 0 Å². The fraction of sp³-hybridized carbons (Fsp3) is 0.833. The summed E-state index contributed by atoms with van der Waals surface area (Å²) >= 11 is 0. The Kier molecular flexibility index (Phi) is 6.71. The molecule has 0 aromatic carbocycles. The molecule has 1 rings (SSSR count). The molecule has 0 fully saturated rings. The minimum absolute atomic E-state index is 0.858. The van der Waals surface area contributed by atoms with Crippen molar-refractivity contribution in [1.29, 1.82) is 0 Å². The number of hydrogen-bond acceptors (Lipinski definition) is 2. The van der Waals surface area contributed by atoms with Crippen LogP contribution < -0.4 is 5.73 Å². The highest BCUT2D eigenvalue weighted by Gasteiger charge is 2.04. The molecule has 0 saturated carbocycles. The van der Waals surface area contributed by atoms with Crippen LogP contribution in [0.1, 0.15) is 38.5 Å². The molecule has 1 aliphatic rings. The first kappa shape index (κ1) is 11.7. The monoisotopic (exact) mass is 196 g/mol. The van der Waals surface area contributed by atoms with Crippen LogP contribution in [0.5, 0.6) is 0 Å². The quantitative estimate of drug-likeness (QED) is 0.499. The lowest BCUT2D eigenvalue weighted by Gasteiger charge is -2.22. The first-order chi connectivity index (χ1) is 6.93. The standard InChI is InChI=1S/C12H24N2/c13-9-5-2-1-3-6-10-14-11-7-4-8-12-14/h4,7H,1-3,5-6,8-13H2. The molecule has 0 spiro atoms. The van der Waals surface area contributed by atoms with E-state index in [2.05, 4.69) is 17.1 Å². The van der Waals surface area contributed by atoms with Gasteiger partial charge in [-0.1, -0.05) is 31.4 Å². The van der Waals surface area contributed by atoms with Crippen LogP contribution >= 0.6 is 0 Å². The van der Waals surface area contributed by atoms with Crippen molar-refractivity contribution in [3.8, 4) is 0 Å². The molecular formula is C12H24N2. The van der Waals surface area contributed by atoms with Crippen LogP contribution in [0, 0.1) is 0 Å². The molecule has 14 heavy (non-hydrogen) atoms. The molecule has 2 nitrogen and oxygen atoms in total. The van der Waals surface area contributed by atoms with Crippen molar-refractivity contribution in [3.63, 3.8) is 0 Å². The second kappa shape index (κ2) is 8.01. The summed E-state index contributed by atoms with van der Waals surface area (Å²) in [5.41, 5.74) is 5.44. The van der Waals surface area contributed by atoms with Gasteiger partial charge in [-0.15, -0.1) is 0 Å². The van der Waals surface area contributed by atoms with Crippen molar-refractivity contribution in [2.24, 2.45) is 5.73 Å². The van der Waals surface area contributed by atoms with Gasteiger partial charge in [0.2, 0.25) is 0 Å². The third-order valence-corrected chi connectivity index (χ3v) is 2.82. The van der Waals surface area contributed by atoms with Crippen LogP contribution in [0.4, 0.5) is 0 Å². The third-order valence-electron chi connectivity index (χ3n) is 2.82. The van der Waals surface area contributed by atoms with E-state index in [1.807, 2.05) is 0 Å². The van der Waals surface area contributed by atoms with E-state index < -0.39 is 0 Å². The summed E-state index contributed by atoms with van der Waals surface area (Å²) in [5.74, 6) is 0. The maximum absolute atomic E-state index is 5.44. The first-order valence-corrected chi connectivity index (χ1v) is 6.01. The van der Waals surface area contributed by atoms with Gasteiger partial charge in [0.05, 0.1) is 0 Å². The summed E-state index contributed by atoms with van der Waals surface area (Å²) in [6, 6.07) is 0. The van der Waals surface area contributed by atoms with Crippen LogP contribution in [0.3, 0.4) is 0 Å². The normalized spacial score (nSPS) is 17.5. The van der Waals surface area contributed by atoms with Crippen LogP contribution in [0.2, 0.25) is 0 Å². The Bertz CT molecular complexity index is 154. The highest BCUT2D eigenvalue weighted by molar-refractivity contribution is 4.90. The number of nitrogens with two attached hydrogens (primary N) is 1. The zero-order chi connectivity index (χ0) is 10.1. The van der Waals surface area contributed by atoms with Crippen LogP contribution in [-0.2, 0) is 0 Å². The largest absolute Gasteiger partial charge is 0.330 e. The molecule has 82 valence electrons. The van der Waals surface area contributed by atoms with E-state index in [0.29, 0.717) is 0 Å². The summed E-state index contributed by atoms with van der Waals surface area (Å²) in [7, 11) is 0. The van der Waals surface area contributed by atoms with Crippen LogP contribution in [0.25, 0.3) is 0 Å².